The highest BCUT2D eigenvalue weighted by Crippen LogP contribution is 2.40. The molecule has 1 atom stereocenters. The molecule has 0 spiro atoms. The largest absolute Gasteiger partial charge is 0.496 e. The van der Waals surface area contributed by atoms with Crippen molar-refractivity contribution in [1.29, 1.82) is 0 Å². The number of halogens is 1. The fourth-order valence-corrected chi connectivity index (χ4v) is 3.21. The van der Waals surface area contributed by atoms with Crippen LogP contribution >= 0.6 is 15.9 Å². The minimum atomic E-state index is -0.490. The van der Waals surface area contributed by atoms with Gasteiger partial charge in [0.1, 0.15) is 18.1 Å². The molecule has 1 aromatic carbocycles. The van der Waals surface area contributed by atoms with Gasteiger partial charge in [0.25, 0.3) is 0 Å². The third kappa shape index (κ3) is 3.26. The first kappa shape index (κ1) is 17.5. The van der Waals surface area contributed by atoms with Crippen molar-refractivity contribution in [2.24, 2.45) is 0 Å². The molecule has 0 saturated carbocycles. The second-order valence-electron chi connectivity index (χ2n) is 5.62. The average Bonchev–Trinajstić information content (AvgIpc) is 3.06. The molecule has 7 nitrogen and oxygen atoms in total. The Balaban J connectivity index is 2.16. The quantitative estimate of drug-likeness (QED) is 0.767. The van der Waals surface area contributed by atoms with Crippen molar-refractivity contribution in [2.45, 2.75) is 26.3 Å². The first-order chi connectivity index (χ1) is 12.1. The van der Waals surface area contributed by atoms with E-state index in [4.69, 9.17) is 9.47 Å². The highest BCUT2D eigenvalue weighted by atomic mass is 79.9. The molecule has 0 amide bonds. The van der Waals surface area contributed by atoms with E-state index in [1.807, 2.05) is 32.0 Å². The number of nitrogens with zero attached hydrogens (tertiary/aromatic N) is 3. The lowest BCUT2D eigenvalue weighted by molar-refractivity contribution is -0.139. The predicted molar refractivity (Wildman–Crippen MR) is 96.4 cm³/mol. The molecule has 25 heavy (non-hydrogen) atoms. The first-order valence-corrected chi connectivity index (χ1v) is 8.74. The van der Waals surface area contributed by atoms with Crippen molar-refractivity contribution in [1.82, 2.24) is 14.8 Å². The molecule has 1 aromatic heterocycles. The summed E-state index contributed by atoms with van der Waals surface area (Å²) in [7, 11) is 1.60. The van der Waals surface area contributed by atoms with E-state index in [2.05, 4.69) is 31.3 Å². The molecule has 1 aliphatic rings. The van der Waals surface area contributed by atoms with Gasteiger partial charge in [-0.2, -0.15) is 10.1 Å². The summed E-state index contributed by atoms with van der Waals surface area (Å²) in [6.45, 7) is 4.15. The summed E-state index contributed by atoms with van der Waals surface area (Å²) in [5.74, 6) is 0.849. The van der Waals surface area contributed by atoms with E-state index in [0.717, 1.165) is 16.5 Å². The number of hydrogen-bond acceptors (Lipinski definition) is 6. The molecule has 0 saturated heterocycles. The third-order valence-electron chi connectivity index (χ3n) is 3.94. The molecule has 0 aliphatic carbocycles. The van der Waals surface area contributed by atoms with Crippen LogP contribution in [0.3, 0.4) is 0 Å². The predicted octanol–water partition coefficient (Wildman–Crippen LogP) is 3.29. The van der Waals surface area contributed by atoms with E-state index in [-0.39, 0.29) is 5.97 Å². The van der Waals surface area contributed by atoms with Crippen LogP contribution in [0.4, 0.5) is 5.95 Å². The zero-order chi connectivity index (χ0) is 18.0. The molecule has 2 aromatic rings. The van der Waals surface area contributed by atoms with E-state index in [9.17, 15) is 4.79 Å². The number of carbonyl (C=O) groups excluding carboxylic acids is 1. The number of anilines is 1. The first-order valence-electron chi connectivity index (χ1n) is 7.94. The molecular weight excluding hydrogens is 388 g/mol. The molecule has 0 radical (unpaired) electrons. The van der Waals surface area contributed by atoms with E-state index in [1.165, 1.54) is 6.33 Å². The van der Waals surface area contributed by atoms with Gasteiger partial charge in [0.05, 0.1) is 19.3 Å². The van der Waals surface area contributed by atoms with Crippen LogP contribution in [0.1, 0.15) is 31.9 Å². The Morgan fingerprint density at radius 2 is 2.24 bits per heavy atom. The summed E-state index contributed by atoms with van der Waals surface area (Å²) < 4.78 is 13.5. The second kappa shape index (κ2) is 7.26. The summed E-state index contributed by atoms with van der Waals surface area (Å²) in [6.07, 6.45) is 2.21. The SMILES string of the molecule is CCCOC(=O)C1=C(C)Nc2ncnn2C1c1cc(Br)ccc1OC. The number of ether oxygens (including phenoxy) is 2. The molecule has 0 fully saturated rings. The molecule has 3 rings (SSSR count). The average molecular weight is 407 g/mol. The molecule has 1 N–H and O–H groups in total. The molecule has 0 bridgehead atoms. The number of rotatable bonds is 5. The number of esters is 1. The maximum absolute atomic E-state index is 12.7. The van der Waals surface area contributed by atoms with Crippen molar-refractivity contribution in [3.05, 3.63) is 45.8 Å². The zero-order valence-electron chi connectivity index (χ0n) is 14.2. The Morgan fingerprint density at radius 3 is 2.96 bits per heavy atom. The van der Waals surface area contributed by atoms with Crippen molar-refractivity contribution < 1.29 is 14.3 Å². The normalized spacial score (nSPS) is 16.2. The van der Waals surface area contributed by atoms with Gasteiger partial charge < -0.3 is 14.8 Å². The van der Waals surface area contributed by atoms with Crippen LogP contribution in [-0.4, -0.2) is 34.5 Å². The van der Waals surface area contributed by atoms with Crippen LogP contribution in [0.15, 0.2) is 40.3 Å². The number of benzene rings is 1. The van der Waals surface area contributed by atoms with Gasteiger partial charge in [-0.25, -0.2) is 9.48 Å². The standard InChI is InChI=1S/C17H19BrN4O3/c1-4-7-25-16(23)14-10(2)21-17-19-9-20-22(17)15(14)12-8-11(18)5-6-13(12)24-3/h5-6,8-9,15H,4,7H2,1-3H3,(H,19,20,21). The number of aromatic nitrogens is 3. The lowest BCUT2D eigenvalue weighted by atomic mass is 9.95. The molecule has 2 heterocycles. The van der Waals surface area contributed by atoms with Gasteiger partial charge in [-0.05, 0) is 31.5 Å². The smallest absolute Gasteiger partial charge is 0.338 e. The van der Waals surface area contributed by atoms with Crippen LogP contribution in [0.5, 0.6) is 5.75 Å². The van der Waals surface area contributed by atoms with Gasteiger partial charge in [0, 0.05) is 15.7 Å². The highest BCUT2D eigenvalue weighted by Gasteiger charge is 2.36. The topological polar surface area (TPSA) is 78.3 Å². The third-order valence-corrected chi connectivity index (χ3v) is 4.43. The number of carbonyl (C=O) groups is 1. The number of allylic oxidation sites excluding steroid dienone is 1. The number of hydrogen-bond donors (Lipinski definition) is 1. The number of fused-ring (bicyclic) bond motifs is 1. The molecule has 8 heteroatoms. The van der Waals surface area contributed by atoms with E-state index >= 15 is 0 Å². The Labute approximate surface area is 154 Å². The Hall–Kier alpha value is -2.35. The van der Waals surface area contributed by atoms with E-state index in [0.29, 0.717) is 29.6 Å². The molecule has 132 valence electrons. The minimum absolute atomic E-state index is 0.363. The summed E-state index contributed by atoms with van der Waals surface area (Å²) in [4.78, 5) is 17.0. The minimum Gasteiger partial charge on any atom is -0.496 e. The van der Waals surface area contributed by atoms with Gasteiger partial charge in [-0.1, -0.05) is 22.9 Å². The fourth-order valence-electron chi connectivity index (χ4n) is 2.83. The lowest BCUT2D eigenvalue weighted by Gasteiger charge is -2.29. The van der Waals surface area contributed by atoms with Crippen LogP contribution < -0.4 is 10.1 Å². The lowest BCUT2D eigenvalue weighted by Crippen LogP contribution is -2.30. The van der Waals surface area contributed by atoms with Gasteiger partial charge in [0.2, 0.25) is 5.95 Å². The summed E-state index contributed by atoms with van der Waals surface area (Å²) in [6, 6.07) is 5.16. The number of methoxy groups -OCH3 is 1. The summed E-state index contributed by atoms with van der Waals surface area (Å²) in [5, 5.41) is 7.41. The summed E-state index contributed by atoms with van der Waals surface area (Å²) in [5.41, 5.74) is 1.98. The van der Waals surface area contributed by atoms with Crippen molar-refractivity contribution in [3.8, 4) is 5.75 Å². The highest BCUT2D eigenvalue weighted by molar-refractivity contribution is 9.10. The van der Waals surface area contributed by atoms with Crippen LogP contribution in [0.25, 0.3) is 0 Å². The monoisotopic (exact) mass is 406 g/mol. The van der Waals surface area contributed by atoms with E-state index in [1.54, 1.807) is 11.8 Å². The van der Waals surface area contributed by atoms with Gasteiger partial charge >= 0.3 is 5.97 Å². The second-order valence-corrected chi connectivity index (χ2v) is 6.53. The molecule has 1 unspecified atom stereocenters. The maximum atomic E-state index is 12.7. The van der Waals surface area contributed by atoms with Crippen LogP contribution in [0, 0.1) is 0 Å². The van der Waals surface area contributed by atoms with Gasteiger partial charge in [-0.3, -0.25) is 0 Å². The zero-order valence-corrected chi connectivity index (χ0v) is 15.8. The summed E-state index contributed by atoms with van der Waals surface area (Å²) >= 11 is 3.49. The van der Waals surface area contributed by atoms with Gasteiger partial charge in [0.15, 0.2) is 0 Å². The molecular formula is C17H19BrN4O3. The van der Waals surface area contributed by atoms with Crippen molar-refractivity contribution in [3.63, 3.8) is 0 Å². The maximum Gasteiger partial charge on any atom is 0.338 e. The van der Waals surface area contributed by atoms with E-state index < -0.39 is 6.04 Å². The van der Waals surface area contributed by atoms with Crippen molar-refractivity contribution in [2.75, 3.05) is 19.0 Å². The van der Waals surface area contributed by atoms with Crippen LogP contribution in [-0.2, 0) is 9.53 Å². The van der Waals surface area contributed by atoms with Gasteiger partial charge in [-0.15, -0.1) is 0 Å². The van der Waals surface area contributed by atoms with Crippen LogP contribution in [0.2, 0.25) is 0 Å². The molecule has 1 aliphatic heterocycles. The Bertz CT molecular complexity index is 831. The fraction of sp³-hybridized carbons (Fsp3) is 0.353. The number of nitrogens with one attached hydrogen (secondary N) is 1. The van der Waals surface area contributed by atoms with Crippen molar-refractivity contribution >= 4 is 27.8 Å². The Morgan fingerprint density at radius 1 is 1.44 bits per heavy atom. The Kier molecular flexibility index (Phi) is 5.08.